The highest BCUT2D eigenvalue weighted by Gasteiger charge is 2.17. The molecule has 0 saturated heterocycles. The minimum absolute atomic E-state index is 0.358. The summed E-state index contributed by atoms with van der Waals surface area (Å²) in [6.07, 6.45) is 16.5. The summed E-state index contributed by atoms with van der Waals surface area (Å²) < 4.78 is 0. The number of aromatic hydroxyl groups is 1. The maximum Gasteiger partial charge on any atom is 0.115 e. The summed E-state index contributed by atoms with van der Waals surface area (Å²) >= 11 is 0. The summed E-state index contributed by atoms with van der Waals surface area (Å²) in [6, 6.07) is 7.70. The van der Waals surface area contributed by atoms with Crippen LogP contribution in [0.15, 0.2) is 24.3 Å². The van der Waals surface area contributed by atoms with Gasteiger partial charge in [-0.25, -0.2) is 0 Å². The molecule has 1 heteroatoms. The molecular formula is C22H38O. The zero-order chi connectivity index (χ0) is 17.0. The zero-order valence-electron chi connectivity index (χ0n) is 15.7. The fraction of sp³-hybridized carbons (Fsp3) is 0.727. The lowest BCUT2D eigenvalue weighted by Gasteiger charge is -2.24. The average molecular weight is 319 g/mol. The van der Waals surface area contributed by atoms with Gasteiger partial charge in [0.1, 0.15) is 5.75 Å². The van der Waals surface area contributed by atoms with Gasteiger partial charge in [-0.05, 0) is 36.0 Å². The van der Waals surface area contributed by atoms with Crippen LogP contribution in [0, 0.1) is 5.41 Å². The summed E-state index contributed by atoms with van der Waals surface area (Å²) in [5.41, 5.74) is 1.69. The largest absolute Gasteiger partial charge is 0.508 e. The van der Waals surface area contributed by atoms with E-state index < -0.39 is 0 Å². The van der Waals surface area contributed by atoms with E-state index in [4.69, 9.17) is 0 Å². The van der Waals surface area contributed by atoms with Crippen LogP contribution < -0.4 is 0 Å². The molecule has 23 heavy (non-hydrogen) atoms. The molecular weight excluding hydrogens is 280 g/mol. The quantitative estimate of drug-likeness (QED) is 0.379. The highest BCUT2D eigenvalue weighted by Crippen LogP contribution is 2.29. The van der Waals surface area contributed by atoms with Gasteiger partial charge in [-0.3, -0.25) is 0 Å². The number of benzene rings is 1. The summed E-state index contributed by atoms with van der Waals surface area (Å²) in [6.45, 7) is 7.02. The molecule has 0 unspecified atom stereocenters. The van der Waals surface area contributed by atoms with E-state index in [1.807, 2.05) is 0 Å². The van der Waals surface area contributed by atoms with Crippen molar-refractivity contribution in [3.8, 4) is 5.75 Å². The molecule has 0 aromatic heterocycles. The third kappa shape index (κ3) is 10.4. The monoisotopic (exact) mass is 318 g/mol. The number of unbranched alkanes of at least 4 members (excludes halogenated alkanes) is 9. The topological polar surface area (TPSA) is 20.2 Å². The van der Waals surface area contributed by atoms with Gasteiger partial charge in [0.05, 0.1) is 0 Å². The standard InChI is InChI=1S/C22H38O/c1-4-5-6-7-8-9-10-11-12-13-18-22(2,3)19-20-14-16-21(23)17-15-20/h14-17,23H,4-13,18-19H2,1-3H3. The van der Waals surface area contributed by atoms with Crippen molar-refractivity contribution in [3.63, 3.8) is 0 Å². The first-order valence-corrected chi connectivity index (χ1v) is 9.81. The second-order valence-electron chi connectivity index (χ2n) is 7.94. The van der Waals surface area contributed by atoms with Gasteiger partial charge in [0.15, 0.2) is 0 Å². The molecule has 1 aromatic rings. The van der Waals surface area contributed by atoms with E-state index in [0.717, 1.165) is 6.42 Å². The molecule has 1 aromatic carbocycles. The normalized spacial score (nSPS) is 11.8. The van der Waals surface area contributed by atoms with Crippen molar-refractivity contribution in [2.75, 3.05) is 0 Å². The SMILES string of the molecule is CCCCCCCCCCCCC(C)(C)Cc1ccc(O)cc1. The number of phenols is 1. The van der Waals surface area contributed by atoms with Gasteiger partial charge in [0, 0.05) is 0 Å². The van der Waals surface area contributed by atoms with Gasteiger partial charge in [0.25, 0.3) is 0 Å². The summed E-state index contributed by atoms with van der Waals surface area (Å²) in [7, 11) is 0. The van der Waals surface area contributed by atoms with E-state index in [2.05, 4.69) is 32.9 Å². The lowest BCUT2D eigenvalue weighted by atomic mass is 9.81. The Labute approximate surface area is 144 Å². The second-order valence-corrected chi connectivity index (χ2v) is 7.94. The van der Waals surface area contributed by atoms with Crippen molar-refractivity contribution in [1.29, 1.82) is 0 Å². The molecule has 132 valence electrons. The van der Waals surface area contributed by atoms with Crippen LogP contribution in [0.2, 0.25) is 0 Å². The molecule has 1 rings (SSSR count). The first-order valence-electron chi connectivity index (χ1n) is 9.81. The fourth-order valence-corrected chi connectivity index (χ4v) is 3.35. The van der Waals surface area contributed by atoms with Gasteiger partial charge in [-0.2, -0.15) is 0 Å². The van der Waals surface area contributed by atoms with Crippen LogP contribution in [-0.4, -0.2) is 5.11 Å². The van der Waals surface area contributed by atoms with Crippen LogP contribution in [-0.2, 0) is 6.42 Å². The highest BCUT2D eigenvalue weighted by atomic mass is 16.3. The fourth-order valence-electron chi connectivity index (χ4n) is 3.35. The predicted octanol–water partition coefficient (Wildman–Crippen LogP) is 7.27. The van der Waals surface area contributed by atoms with Crippen molar-refractivity contribution in [1.82, 2.24) is 0 Å². The van der Waals surface area contributed by atoms with Crippen LogP contribution in [0.25, 0.3) is 0 Å². The van der Waals surface area contributed by atoms with Gasteiger partial charge >= 0.3 is 0 Å². The lowest BCUT2D eigenvalue weighted by molar-refractivity contribution is 0.316. The molecule has 0 atom stereocenters. The Kier molecular flexibility index (Phi) is 10.1. The third-order valence-electron chi connectivity index (χ3n) is 4.83. The Morgan fingerprint density at radius 1 is 0.739 bits per heavy atom. The molecule has 0 aliphatic rings. The summed E-state index contributed by atoms with van der Waals surface area (Å²) in [4.78, 5) is 0. The van der Waals surface area contributed by atoms with Crippen molar-refractivity contribution >= 4 is 0 Å². The van der Waals surface area contributed by atoms with Crippen molar-refractivity contribution < 1.29 is 5.11 Å². The van der Waals surface area contributed by atoms with Crippen molar-refractivity contribution in [2.24, 2.45) is 5.41 Å². The first-order chi connectivity index (χ1) is 11.0. The van der Waals surface area contributed by atoms with Gasteiger partial charge in [0.2, 0.25) is 0 Å². The van der Waals surface area contributed by atoms with E-state index in [0.29, 0.717) is 11.2 Å². The molecule has 1 N–H and O–H groups in total. The minimum Gasteiger partial charge on any atom is -0.508 e. The van der Waals surface area contributed by atoms with Crippen LogP contribution in [0.1, 0.15) is 97.0 Å². The molecule has 1 nitrogen and oxygen atoms in total. The molecule has 0 spiro atoms. The lowest BCUT2D eigenvalue weighted by Crippen LogP contribution is -2.14. The van der Waals surface area contributed by atoms with E-state index in [1.165, 1.54) is 76.2 Å². The Bertz CT molecular complexity index is 391. The molecule has 0 fully saturated rings. The van der Waals surface area contributed by atoms with E-state index >= 15 is 0 Å². The molecule has 0 aliphatic heterocycles. The Morgan fingerprint density at radius 3 is 1.74 bits per heavy atom. The van der Waals surface area contributed by atoms with Crippen molar-refractivity contribution in [3.05, 3.63) is 29.8 Å². The average Bonchev–Trinajstić information content (AvgIpc) is 2.51. The smallest absolute Gasteiger partial charge is 0.115 e. The predicted molar refractivity (Wildman–Crippen MR) is 102 cm³/mol. The molecule has 0 bridgehead atoms. The first kappa shape index (κ1) is 20.1. The highest BCUT2D eigenvalue weighted by molar-refractivity contribution is 5.26. The molecule has 0 aliphatic carbocycles. The number of phenolic OH excluding ortho intramolecular Hbond substituents is 1. The van der Waals surface area contributed by atoms with Crippen molar-refractivity contribution in [2.45, 2.75) is 97.8 Å². The Balaban J connectivity index is 2.04. The van der Waals surface area contributed by atoms with E-state index in [1.54, 1.807) is 12.1 Å². The second kappa shape index (κ2) is 11.5. The third-order valence-corrected chi connectivity index (χ3v) is 4.83. The maximum atomic E-state index is 9.36. The molecule has 0 saturated carbocycles. The van der Waals surface area contributed by atoms with E-state index in [9.17, 15) is 5.11 Å². The molecule has 0 heterocycles. The summed E-state index contributed by atoms with van der Waals surface area (Å²) in [5.74, 6) is 0.362. The van der Waals surface area contributed by atoms with Crippen LogP contribution in [0.3, 0.4) is 0 Å². The van der Waals surface area contributed by atoms with Gasteiger partial charge in [-0.15, -0.1) is 0 Å². The minimum atomic E-state index is 0.358. The van der Waals surface area contributed by atoms with Crippen LogP contribution in [0.5, 0.6) is 5.75 Å². The molecule has 0 amide bonds. The molecule has 0 radical (unpaired) electrons. The Morgan fingerprint density at radius 2 is 1.22 bits per heavy atom. The van der Waals surface area contributed by atoms with E-state index in [-0.39, 0.29) is 0 Å². The Hall–Kier alpha value is -0.980. The maximum absolute atomic E-state index is 9.36. The van der Waals surface area contributed by atoms with Gasteiger partial charge in [-0.1, -0.05) is 97.1 Å². The van der Waals surface area contributed by atoms with Crippen LogP contribution >= 0.6 is 0 Å². The number of hydrogen-bond donors (Lipinski definition) is 1. The van der Waals surface area contributed by atoms with Crippen LogP contribution in [0.4, 0.5) is 0 Å². The summed E-state index contributed by atoms with van der Waals surface area (Å²) in [5, 5.41) is 9.36. The zero-order valence-corrected chi connectivity index (χ0v) is 15.7. The van der Waals surface area contributed by atoms with Gasteiger partial charge < -0.3 is 5.11 Å². The number of hydrogen-bond acceptors (Lipinski definition) is 1. The number of rotatable bonds is 13.